The molecule has 1 aliphatic heterocycles. The summed E-state index contributed by atoms with van der Waals surface area (Å²) < 4.78 is 53.9. The summed E-state index contributed by atoms with van der Waals surface area (Å²) >= 11 is 0. The minimum absolute atomic E-state index is 0. The number of guanidine groups is 1. The minimum Gasteiger partial charge on any atom is -0.496 e. The second-order valence-electron chi connectivity index (χ2n) is 6.69. The highest BCUT2D eigenvalue weighted by Crippen LogP contribution is 2.34. The van der Waals surface area contributed by atoms with Crippen LogP contribution in [0.5, 0.6) is 17.2 Å². The predicted molar refractivity (Wildman–Crippen MR) is 120 cm³/mol. The van der Waals surface area contributed by atoms with Crippen molar-refractivity contribution in [2.45, 2.75) is 32.1 Å². The summed E-state index contributed by atoms with van der Waals surface area (Å²) in [6.07, 6.45) is -3.56. The van der Waals surface area contributed by atoms with E-state index in [1.54, 1.807) is 33.5 Å². The fraction of sp³-hybridized carbons (Fsp3) is 0.632. The number of methoxy groups -OCH3 is 3. The van der Waals surface area contributed by atoms with Crippen LogP contribution in [0.25, 0.3) is 0 Å². The van der Waals surface area contributed by atoms with E-state index in [-0.39, 0.29) is 36.6 Å². The van der Waals surface area contributed by atoms with Crippen LogP contribution >= 0.6 is 24.0 Å². The first-order chi connectivity index (χ1) is 13.8. The molecular formula is C19H30F3IN4O3. The van der Waals surface area contributed by atoms with Crippen LogP contribution in [0.3, 0.4) is 0 Å². The fourth-order valence-electron chi connectivity index (χ4n) is 3.25. The quantitative estimate of drug-likeness (QED) is 0.297. The highest BCUT2D eigenvalue weighted by atomic mass is 127. The van der Waals surface area contributed by atoms with Gasteiger partial charge in [-0.25, -0.2) is 4.99 Å². The Kier molecular flexibility index (Phi) is 10.8. The molecule has 0 radical (unpaired) electrons. The van der Waals surface area contributed by atoms with E-state index < -0.39 is 12.7 Å². The van der Waals surface area contributed by atoms with Crippen LogP contribution in [-0.2, 0) is 6.54 Å². The summed E-state index contributed by atoms with van der Waals surface area (Å²) in [5.41, 5.74) is 0.748. The molecule has 30 heavy (non-hydrogen) atoms. The molecule has 1 aromatic rings. The summed E-state index contributed by atoms with van der Waals surface area (Å²) in [6.45, 7) is 2.65. The average molecular weight is 546 g/mol. The molecule has 172 valence electrons. The Bertz CT molecular complexity index is 679. The zero-order valence-electron chi connectivity index (χ0n) is 17.6. The van der Waals surface area contributed by atoms with Crippen LogP contribution in [0.1, 0.15) is 18.9 Å². The molecule has 1 fully saturated rings. The van der Waals surface area contributed by atoms with Crippen molar-refractivity contribution < 1.29 is 27.4 Å². The molecule has 0 amide bonds. The first-order valence-electron chi connectivity index (χ1n) is 9.42. The summed E-state index contributed by atoms with van der Waals surface area (Å²) in [6, 6.07) is 3.40. The number of hydrogen-bond acceptors (Lipinski definition) is 5. The molecule has 0 aromatic heterocycles. The lowest BCUT2D eigenvalue weighted by atomic mass is 10.1. The topological polar surface area (TPSA) is 67.4 Å². The molecule has 1 heterocycles. The number of benzene rings is 1. The van der Waals surface area contributed by atoms with Gasteiger partial charge in [-0.1, -0.05) is 0 Å². The van der Waals surface area contributed by atoms with Gasteiger partial charge in [0.15, 0.2) is 5.96 Å². The van der Waals surface area contributed by atoms with Gasteiger partial charge in [0.25, 0.3) is 0 Å². The maximum Gasteiger partial charge on any atom is 0.401 e. The smallest absolute Gasteiger partial charge is 0.401 e. The standard InChI is InChI=1S/C19H29F3N4O3.HI/c1-5-23-18(25-13-6-7-26(11-13)12-19(20,21)22)24-10-15-16(28-3)8-14(27-2)9-17(15)29-4;/h8-9,13H,5-7,10-12H2,1-4H3,(H2,23,24,25);1H. The van der Waals surface area contributed by atoms with Crippen LogP contribution < -0.4 is 24.8 Å². The molecule has 1 saturated heterocycles. The molecule has 0 aliphatic carbocycles. The molecule has 0 spiro atoms. The lowest BCUT2D eigenvalue weighted by Crippen LogP contribution is -2.45. The largest absolute Gasteiger partial charge is 0.496 e. The van der Waals surface area contributed by atoms with Crippen LogP contribution in [0.2, 0.25) is 0 Å². The van der Waals surface area contributed by atoms with Crippen molar-refractivity contribution in [1.82, 2.24) is 15.5 Å². The molecule has 1 aliphatic rings. The lowest BCUT2D eigenvalue weighted by Gasteiger charge is -2.20. The Labute approximate surface area is 192 Å². The molecule has 0 bridgehead atoms. The maximum absolute atomic E-state index is 12.6. The second-order valence-corrected chi connectivity index (χ2v) is 6.69. The number of nitrogens with zero attached hydrogens (tertiary/aromatic N) is 2. The third-order valence-electron chi connectivity index (χ3n) is 4.57. The van der Waals surface area contributed by atoms with Crippen molar-refractivity contribution in [2.24, 2.45) is 4.99 Å². The van der Waals surface area contributed by atoms with Gasteiger partial charge in [-0.05, 0) is 13.3 Å². The molecule has 1 unspecified atom stereocenters. The maximum atomic E-state index is 12.6. The Morgan fingerprint density at radius 1 is 1.17 bits per heavy atom. The first-order valence-corrected chi connectivity index (χ1v) is 9.42. The molecule has 1 aromatic carbocycles. The van der Waals surface area contributed by atoms with Crippen molar-refractivity contribution in [3.05, 3.63) is 17.7 Å². The number of likely N-dealkylation sites (tertiary alicyclic amines) is 1. The van der Waals surface area contributed by atoms with Gasteiger partial charge in [-0.15, -0.1) is 24.0 Å². The van der Waals surface area contributed by atoms with E-state index in [4.69, 9.17) is 14.2 Å². The SMILES string of the molecule is CCNC(=NCc1c(OC)cc(OC)cc1OC)NC1CCN(CC(F)(F)F)C1.I. The lowest BCUT2D eigenvalue weighted by molar-refractivity contribution is -0.143. The van der Waals surface area contributed by atoms with Crippen molar-refractivity contribution >= 4 is 29.9 Å². The molecule has 2 rings (SSSR count). The molecule has 2 N–H and O–H groups in total. The fourth-order valence-corrected chi connectivity index (χ4v) is 3.25. The Balaban J connectivity index is 0.00000450. The normalized spacial score (nSPS) is 17.3. The average Bonchev–Trinajstić information content (AvgIpc) is 3.10. The third kappa shape index (κ3) is 7.89. The van der Waals surface area contributed by atoms with E-state index in [0.29, 0.717) is 49.3 Å². The first kappa shape index (κ1) is 26.4. The van der Waals surface area contributed by atoms with E-state index in [1.807, 2.05) is 6.92 Å². The van der Waals surface area contributed by atoms with E-state index in [2.05, 4.69) is 15.6 Å². The van der Waals surface area contributed by atoms with Gasteiger partial charge in [0.05, 0.1) is 40.0 Å². The Morgan fingerprint density at radius 2 is 1.80 bits per heavy atom. The molecular weight excluding hydrogens is 516 g/mol. The molecule has 11 heteroatoms. The summed E-state index contributed by atoms with van der Waals surface area (Å²) in [5.74, 6) is 2.30. The molecule has 7 nitrogen and oxygen atoms in total. The number of alkyl halides is 3. The van der Waals surface area contributed by atoms with Gasteiger partial charge in [0.2, 0.25) is 0 Å². The van der Waals surface area contributed by atoms with E-state index in [1.165, 1.54) is 4.90 Å². The van der Waals surface area contributed by atoms with Crippen molar-refractivity contribution in [3.8, 4) is 17.2 Å². The number of halogens is 4. The van der Waals surface area contributed by atoms with Crippen LogP contribution in [-0.4, -0.2) is 70.6 Å². The van der Waals surface area contributed by atoms with Crippen LogP contribution in [0.4, 0.5) is 13.2 Å². The number of rotatable bonds is 8. The van der Waals surface area contributed by atoms with Crippen LogP contribution in [0.15, 0.2) is 17.1 Å². The zero-order chi connectivity index (χ0) is 21.4. The Hall–Kier alpha value is -1.63. The number of aliphatic imine (C=N–C) groups is 1. The minimum atomic E-state index is -4.19. The Morgan fingerprint density at radius 3 is 2.30 bits per heavy atom. The van der Waals surface area contributed by atoms with Gasteiger partial charge in [-0.2, -0.15) is 13.2 Å². The van der Waals surface area contributed by atoms with Gasteiger partial charge >= 0.3 is 6.18 Å². The number of hydrogen-bond donors (Lipinski definition) is 2. The van der Waals surface area contributed by atoms with Crippen molar-refractivity contribution in [1.29, 1.82) is 0 Å². The highest BCUT2D eigenvalue weighted by molar-refractivity contribution is 14.0. The van der Waals surface area contributed by atoms with Crippen LogP contribution in [0, 0.1) is 0 Å². The molecule has 1 atom stereocenters. The van der Waals surface area contributed by atoms with E-state index >= 15 is 0 Å². The van der Waals surface area contributed by atoms with Crippen molar-refractivity contribution in [3.63, 3.8) is 0 Å². The predicted octanol–water partition coefficient (Wildman–Crippen LogP) is 3.02. The monoisotopic (exact) mass is 546 g/mol. The van der Waals surface area contributed by atoms with E-state index in [0.717, 1.165) is 5.56 Å². The van der Waals surface area contributed by atoms with E-state index in [9.17, 15) is 13.2 Å². The van der Waals surface area contributed by atoms with Crippen molar-refractivity contribution in [2.75, 3.05) is 47.5 Å². The number of nitrogens with one attached hydrogen (secondary N) is 2. The number of ether oxygens (including phenoxy) is 3. The molecule has 0 saturated carbocycles. The second kappa shape index (κ2) is 12.3. The summed E-state index contributed by atoms with van der Waals surface area (Å²) in [4.78, 5) is 5.97. The summed E-state index contributed by atoms with van der Waals surface area (Å²) in [7, 11) is 4.67. The third-order valence-corrected chi connectivity index (χ3v) is 4.57. The van der Waals surface area contributed by atoms with Gasteiger partial charge < -0.3 is 24.8 Å². The van der Waals surface area contributed by atoms with Gasteiger partial charge in [-0.3, -0.25) is 4.90 Å². The summed E-state index contributed by atoms with van der Waals surface area (Å²) in [5, 5.41) is 6.36. The van der Waals surface area contributed by atoms with Gasteiger partial charge in [0, 0.05) is 37.8 Å². The van der Waals surface area contributed by atoms with Gasteiger partial charge in [0.1, 0.15) is 17.2 Å². The zero-order valence-corrected chi connectivity index (χ0v) is 20.0. The highest BCUT2D eigenvalue weighted by Gasteiger charge is 2.34.